The molecule has 0 radical (unpaired) electrons. The molecule has 0 aliphatic carbocycles. The van der Waals surface area contributed by atoms with E-state index in [4.69, 9.17) is 20.6 Å². The fourth-order valence-electron chi connectivity index (χ4n) is 3.23. The first-order valence-electron chi connectivity index (χ1n) is 10.5. The number of thioether (sulfide) groups is 1. The van der Waals surface area contributed by atoms with Crippen LogP contribution >= 0.6 is 11.8 Å². The number of benzene rings is 2. The molecule has 1 atom stereocenters. The van der Waals surface area contributed by atoms with Crippen molar-refractivity contribution in [3.8, 4) is 11.5 Å². The molecule has 0 saturated heterocycles. The van der Waals surface area contributed by atoms with Crippen molar-refractivity contribution in [2.24, 2.45) is 5.73 Å². The van der Waals surface area contributed by atoms with Gasteiger partial charge >= 0.3 is 0 Å². The Kier molecular flexibility index (Phi) is 8.11. The lowest BCUT2D eigenvalue weighted by molar-refractivity contribution is 0.228. The first kappa shape index (κ1) is 24.3. The predicted octanol–water partition coefficient (Wildman–Crippen LogP) is 5.01. The summed E-state index contributed by atoms with van der Waals surface area (Å²) in [7, 11) is 0. The van der Waals surface area contributed by atoms with Crippen molar-refractivity contribution < 1.29 is 13.9 Å². The number of ether oxygens (including phenoxy) is 2. The molecule has 0 bridgehead atoms. The SMILES string of the molecule is CCOc1cc(OC(C)C)c(F)c(C(Nc2ccc(C(=N)N)cc2)c2ccnc(SC)n2)c1. The van der Waals surface area contributed by atoms with Gasteiger partial charge in [-0.3, -0.25) is 5.41 Å². The number of nitrogens with zero attached hydrogens (tertiary/aromatic N) is 2. The molecule has 1 heterocycles. The molecule has 7 nitrogen and oxygen atoms in total. The largest absolute Gasteiger partial charge is 0.494 e. The Morgan fingerprint density at radius 2 is 1.94 bits per heavy atom. The van der Waals surface area contributed by atoms with Gasteiger partial charge in [-0.15, -0.1) is 0 Å². The van der Waals surface area contributed by atoms with E-state index >= 15 is 4.39 Å². The summed E-state index contributed by atoms with van der Waals surface area (Å²) in [5, 5.41) is 11.5. The highest BCUT2D eigenvalue weighted by Crippen LogP contribution is 2.36. The zero-order valence-electron chi connectivity index (χ0n) is 19.1. The van der Waals surface area contributed by atoms with E-state index < -0.39 is 11.9 Å². The Hall–Kier alpha value is -3.33. The lowest BCUT2D eigenvalue weighted by atomic mass is 10.0. The number of hydrogen-bond donors (Lipinski definition) is 3. The van der Waals surface area contributed by atoms with Crippen LogP contribution < -0.4 is 20.5 Å². The molecule has 0 spiro atoms. The molecule has 0 aliphatic rings. The Morgan fingerprint density at radius 3 is 2.55 bits per heavy atom. The first-order chi connectivity index (χ1) is 15.8. The van der Waals surface area contributed by atoms with Gasteiger partial charge in [0.15, 0.2) is 16.7 Å². The molecule has 3 rings (SSSR count). The fourth-order valence-corrected chi connectivity index (χ4v) is 3.59. The van der Waals surface area contributed by atoms with Crippen molar-refractivity contribution in [3.05, 3.63) is 71.3 Å². The van der Waals surface area contributed by atoms with Gasteiger partial charge in [0.1, 0.15) is 11.6 Å². The summed E-state index contributed by atoms with van der Waals surface area (Å²) in [5.41, 5.74) is 7.80. The number of nitrogens with one attached hydrogen (secondary N) is 2. The van der Waals surface area contributed by atoms with Crippen LogP contribution in [0.3, 0.4) is 0 Å². The maximum absolute atomic E-state index is 15.7. The first-order valence-corrected chi connectivity index (χ1v) is 11.8. The van der Waals surface area contributed by atoms with Gasteiger partial charge in [0, 0.05) is 29.1 Å². The van der Waals surface area contributed by atoms with Crippen LogP contribution in [0.1, 0.15) is 43.6 Å². The van der Waals surface area contributed by atoms with Crippen LogP contribution in [0.4, 0.5) is 10.1 Å². The second kappa shape index (κ2) is 11.0. The number of rotatable bonds is 10. The van der Waals surface area contributed by atoms with Crippen LogP contribution in [0.25, 0.3) is 0 Å². The van der Waals surface area contributed by atoms with E-state index in [1.807, 2.05) is 27.0 Å². The number of amidine groups is 1. The number of hydrogen-bond acceptors (Lipinski definition) is 7. The molecule has 4 N–H and O–H groups in total. The van der Waals surface area contributed by atoms with Crippen LogP contribution in [0.2, 0.25) is 0 Å². The smallest absolute Gasteiger partial charge is 0.187 e. The summed E-state index contributed by atoms with van der Waals surface area (Å²) in [6.45, 7) is 5.98. The Balaban J connectivity index is 2.13. The Labute approximate surface area is 197 Å². The van der Waals surface area contributed by atoms with Gasteiger partial charge < -0.3 is 20.5 Å². The summed E-state index contributed by atoms with van der Waals surface area (Å²) in [5.74, 6) is 0.102. The normalized spacial score (nSPS) is 11.8. The minimum absolute atomic E-state index is 0.0237. The Bertz CT molecular complexity index is 1110. The molecule has 174 valence electrons. The van der Waals surface area contributed by atoms with Crippen molar-refractivity contribution in [2.45, 2.75) is 38.1 Å². The lowest BCUT2D eigenvalue weighted by Gasteiger charge is -2.23. The molecule has 0 fully saturated rings. The topological polar surface area (TPSA) is 106 Å². The standard InChI is InChI=1S/C24H28FN5O2S/c1-5-31-17-12-18(21(25)20(13-17)32-14(2)3)22(19-10-11-28-24(30-19)33-4)29-16-8-6-15(7-9-16)23(26)27/h6-14,22,29H,5H2,1-4H3,(H3,26,27). The number of halogens is 1. The number of aromatic nitrogens is 2. The zero-order valence-corrected chi connectivity index (χ0v) is 19.9. The lowest BCUT2D eigenvalue weighted by Crippen LogP contribution is -2.18. The van der Waals surface area contributed by atoms with Gasteiger partial charge in [0.25, 0.3) is 0 Å². The second-order valence-corrected chi connectivity index (χ2v) is 8.23. The van der Waals surface area contributed by atoms with Crippen molar-refractivity contribution in [2.75, 3.05) is 18.2 Å². The van der Waals surface area contributed by atoms with Crippen LogP contribution in [0.5, 0.6) is 11.5 Å². The van der Waals surface area contributed by atoms with Gasteiger partial charge in [-0.2, -0.15) is 0 Å². The average molecular weight is 470 g/mol. The van der Waals surface area contributed by atoms with E-state index in [0.29, 0.717) is 40.0 Å². The number of anilines is 1. The number of nitrogen functional groups attached to an aromatic ring is 1. The van der Waals surface area contributed by atoms with Crippen molar-refractivity contribution >= 4 is 23.3 Å². The van der Waals surface area contributed by atoms with Crippen molar-refractivity contribution in [1.29, 1.82) is 5.41 Å². The van der Waals surface area contributed by atoms with Gasteiger partial charge in [-0.05, 0) is 63.4 Å². The second-order valence-electron chi connectivity index (χ2n) is 7.46. The maximum Gasteiger partial charge on any atom is 0.187 e. The molecule has 33 heavy (non-hydrogen) atoms. The highest BCUT2D eigenvalue weighted by Gasteiger charge is 2.25. The summed E-state index contributed by atoms with van der Waals surface area (Å²) in [4.78, 5) is 8.85. The third-order valence-electron chi connectivity index (χ3n) is 4.67. The van der Waals surface area contributed by atoms with E-state index in [1.54, 1.807) is 48.7 Å². The van der Waals surface area contributed by atoms with Gasteiger partial charge in [-0.1, -0.05) is 11.8 Å². The summed E-state index contributed by atoms with van der Waals surface area (Å²) in [6.07, 6.45) is 3.32. The molecular formula is C24H28FN5O2S. The molecule has 0 aliphatic heterocycles. The third-order valence-corrected chi connectivity index (χ3v) is 5.23. The fraction of sp³-hybridized carbons (Fsp3) is 0.292. The van der Waals surface area contributed by atoms with E-state index in [-0.39, 0.29) is 17.7 Å². The third kappa shape index (κ3) is 6.13. The van der Waals surface area contributed by atoms with E-state index in [9.17, 15) is 0 Å². The minimum Gasteiger partial charge on any atom is -0.494 e. The minimum atomic E-state index is -0.656. The van der Waals surface area contributed by atoms with Gasteiger partial charge in [-0.25, -0.2) is 14.4 Å². The molecule has 1 aromatic heterocycles. The molecule has 3 aromatic rings. The average Bonchev–Trinajstić information content (AvgIpc) is 2.80. The maximum atomic E-state index is 15.7. The van der Waals surface area contributed by atoms with Gasteiger partial charge in [0.2, 0.25) is 0 Å². The molecule has 1 unspecified atom stereocenters. The highest BCUT2D eigenvalue weighted by molar-refractivity contribution is 7.98. The van der Waals surface area contributed by atoms with Crippen LogP contribution in [-0.2, 0) is 0 Å². The quantitative estimate of drug-likeness (QED) is 0.166. The molecule has 0 amide bonds. The molecular weight excluding hydrogens is 441 g/mol. The van der Waals surface area contributed by atoms with Crippen LogP contribution in [0, 0.1) is 11.2 Å². The van der Waals surface area contributed by atoms with Crippen LogP contribution in [0.15, 0.2) is 53.8 Å². The Morgan fingerprint density at radius 1 is 1.21 bits per heavy atom. The summed E-state index contributed by atoms with van der Waals surface area (Å²) >= 11 is 1.40. The number of nitrogens with two attached hydrogens (primary N) is 1. The molecule has 2 aromatic carbocycles. The van der Waals surface area contributed by atoms with Crippen molar-refractivity contribution in [3.63, 3.8) is 0 Å². The predicted molar refractivity (Wildman–Crippen MR) is 130 cm³/mol. The van der Waals surface area contributed by atoms with E-state index in [2.05, 4.69) is 15.3 Å². The van der Waals surface area contributed by atoms with Gasteiger partial charge in [0.05, 0.1) is 24.4 Å². The van der Waals surface area contributed by atoms with Crippen LogP contribution in [-0.4, -0.2) is 34.8 Å². The molecule has 9 heteroatoms. The van der Waals surface area contributed by atoms with E-state index in [0.717, 1.165) is 0 Å². The van der Waals surface area contributed by atoms with E-state index in [1.165, 1.54) is 11.8 Å². The summed E-state index contributed by atoms with van der Waals surface area (Å²) in [6, 6.07) is 11.4. The molecule has 0 saturated carbocycles. The highest BCUT2D eigenvalue weighted by atomic mass is 32.2. The van der Waals surface area contributed by atoms with Crippen molar-refractivity contribution in [1.82, 2.24) is 9.97 Å². The zero-order chi connectivity index (χ0) is 24.0. The monoisotopic (exact) mass is 469 g/mol. The summed E-state index contributed by atoms with van der Waals surface area (Å²) < 4.78 is 27.2.